The first kappa shape index (κ1) is 21.7. The van der Waals surface area contributed by atoms with Crippen molar-refractivity contribution >= 4 is 11.6 Å². The van der Waals surface area contributed by atoms with E-state index in [2.05, 4.69) is 49.4 Å². The van der Waals surface area contributed by atoms with Crippen LogP contribution in [0.3, 0.4) is 0 Å². The number of halogens is 3. The highest BCUT2D eigenvalue weighted by Gasteiger charge is 2.53. The fourth-order valence-corrected chi connectivity index (χ4v) is 5.42. The van der Waals surface area contributed by atoms with Crippen molar-refractivity contribution in [2.75, 3.05) is 6.54 Å². The molecule has 3 atom stereocenters. The van der Waals surface area contributed by atoms with Gasteiger partial charge in [-0.3, -0.25) is 4.79 Å². The number of benzene rings is 1. The Balaban J connectivity index is 1.99. The van der Waals surface area contributed by atoms with E-state index in [9.17, 15) is 23.2 Å². The van der Waals surface area contributed by atoms with Crippen LogP contribution < -0.4 is 5.32 Å². The van der Waals surface area contributed by atoms with Crippen LogP contribution in [0.25, 0.3) is 0 Å². The fourth-order valence-electron chi connectivity index (χ4n) is 5.42. The van der Waals surface area contributed by atoms with E-state index in [1.54, 1.807) is 0 Å². The second-order valence-corrected chi connectivity index (χ2v) is 9.37. The summed E-state index contributed by atoms with van der Waals surface area (Å²) in [7, 11) is 0. The van der Waals surface area contributed by atoms with Crippen molar-refractivity contribution in [3.8, 4) is 0 Å². The van der Waals surface area contributed by atoms with Crippen LogP contribution in [0.2, 0.25) is 0 Å². The molecular formula is C22H29F3N2O2. The average molecular weight is 410 g/mol. The Morgan fingerprint density at radius 1 is 1.31 bits per heavy atom. The second-order valence-electron chi connectivity index (χ2n) is 9.37. The van der Waals surface area contributed by atoms with Crippen molar-refractivity contribution in [3.63, 3.8) is 0 Å². The molecular weight excluding hydrogens is 381 g/mol. The van der Waals surface area contributed by atoms with Gasteiger partial charge in [0, 0.05) is 12.1 Å². The Labute approximate surface area is 169 Å². The summed E-state index contributed by atoms with van der Waals surface area (Å²) in [5.74, 6) is -1.61. The molecule has 1 aromatic rings. The van der Waals surface area contributed by atoms with Gasteiger partial charge in [-0.05, 0) is 59.1 Å². The summed E-state index contributed by atoms with van der Waals surface area (Å²) in [6.07, 6.45) is -1.93. The van der Waals surface area contributed by atoms with Crippen molar-refractivity contribution < 1.29 is 23.2 Å². The normalized spacial score (nSPS) is 30.8. The smallest absolute Gasteiger partial charge is 0.411 e. The van der Waals surface area contributed by atoms with E-state index in [-0.39, 0.29) is 17.9 Å². The molecule has 29 heavy (non-hydrogen) atoms. The van der Waals surface area contributed by atoms with Crippen LogP contribution in [-0.4, -0.2) is 29.5 Å². The predicted octanol–water partition coefficient (Wildman–Crippen LogP) is 5.13. The van der Waals surface area contributed by atoms with Gasteiger partial charge >= 0.3 is 12.1 Å². The lowest BCUT2D eigenvalue weighted by molar-refractivity contribution is -0.174. The zero-order valence-corrected chi connectivity index (χ0v) is 17.4. The molecule has 0 bridgehead atoms. The number of oxime groups is 1. The number of nitrogens with zero attached hydrogens (tertiary/aromatic N) is 1. The maximum absolute atomic E-state index is 12.7. The molecule has 2 aliphatic carbocycles. The Morgan fingerprint density at radius 3 is 2.59 bits per heavy atom. The number of hydrogen-bond acceptors (Lipinski definition) is 3. The third-order valence-corrected chi connectivity index (χ3v) is 7.12. The van der Waals surface area contributed by atoms with Crippen molar-refractivity contribution in [1.82, 2.24) is 5.32 Å². The molecule has 0 aliphatic heterocycles. The topological polar surface area (TPSA) is 61.7 Å². The zero-order valence-electron chi connectivity index (χ0n) is 17.4. The van der Waals surface area contributed by atoms with Gasteiger partial charge in [0.1, 0.15) is 0 Å². The molecule has 0 saturated heterocycles. The van der Waals surface area contributed by atoms with E-state index in [1.807, 2.05) is 6.92 Å². The van der Waals surface area contributed by atoms with Gasteiger partial charge < -0.3 is 10.5 Å². The number of fused-ring (bicyclic) bond motifs is 3. The van der Waals surface area contributed by atoms with Crippen LogP contribution in [0.15, 0.2) is 23.4 Å². The first-order chi connectivity index (χ1) is 13.4. The van der Waals surface area contributed by atoms with Gasteiger partial charge in [-0.15, -0.1) is 0 Å². The van der Waals surface area contributed by atoms with Crippen molar-refractivity contribution in [3.05, 3.63) is 34.9 Å². The summed E-state index contributed by atoms with van der Waals surface area (Å²) >= 11 is 0. The lowest BCUT2D eigenvalue weighted by atomic mass is 9.49. The molecule has 7 heteroatoms. The van der Waals surface area contributed by atoms with Gasteiger partial charge in [0.25, 0.3) is 0 Å². The van der Waals surface area contributed by atoms with Crippen LogP contribution >= 0.6 is 0 Å². The van der Waals surface area contributed by atoms with E-state index in [0.717, 1.165) is 29.5 Å². The molecule has 2 aliphatic rings. The summed E-state index contributed by atoms with van der Waals surface area (Å²) in [5.41, 5.74) is 2.95. The van der Waals surface area contributed by atoms with Crippen molar-refractivity contribution in [1.29, 1.82) is 0 Å². The number of hydrogen-bond donors (Lipinski definition) is 2. The molecule has 1 saturated carbocycles. The van der Waals surface area contributed by atoms with E-state index in [4.69, 9.17) is 0 Å². The molecule has 4 nitrogen and oxygen atoms in total. The van der Waals surface area contributed by atoms with E-state index in [1.165, 1.54) is 0 Å². The molecule has 0 heterocycles. The lowest BCUT2D eigenvalue weighted by Crippen LogP contribution is -2.55. The number of amides is 1. The lowest BCUT2D eigenvalue weighted by Gasteiger charge is -2.55. The highest BCUT2D eigenvalue weighted by atomic mass is 19.4. The molecule has 0 unspecified atom stereocenters. The molecule has 3 rings (SSSR count). The molecule has 1 aromatic carbocycles. The second kappa shape index (κ2) is 7.33. The average Bonchev–Trinajstić information content (AvgIpc) is 2.64. The quantitative estimate of drug-likeness (QED) is 0.536. The van der Waals surface area contributed by atoms with Crippen LogP contribution in [0.1, 0.15) is 76.0 Å². The highest BCUT2D eigenvalue weighted by Crippen LogP contribution is 2.57. The summed E-state index contributed by atoms with van der Waals surface area (Å²) < 4.78 is 38.1. The first-order valence-electron chi connectivity index (χ1n) is 10.1. The van der Waals surface area contributed by atoms with Crippen molar-refractivity contribution in [2.24, 2.45) is 16.5 Å². The number of carbonyl (C=O) groups is 1. The maximum atomic E-state index is 12.7. The van der Waals surface area contributed by atoms with Crippen LogP contribution in [0.4, 0.5) is 13.2 Å². The molecule has 2 N–H and O–H groups in total. The number of alkyl halides is 3. The molecule has 0 aromatic heterocycles. The maximum Gasteiger partial charge on any atom is 0.471 e. The summed E-state index contributed by atoms with van der Waals surface area (Å²) in [5, 5.41) is 15.4. The molecule has 1 fully saturated rings. The SMILES string of the molecule is CC(C)c1ccc2c(c1)/C(=N/O)C[C@H]1[C@](C)(CNC(=O)C(F)(F)F)CCC[C@]21C. The van der Waals surface area contributed by atoms with E-state index >= 15 is 0 Å². The van der Waals surface area contributed by atoms with Crippen LogP contribution in [-0.2, 0) is 10.2 Å². The summed E-state index contributed by atoms with van der Waals surface area (Å²) in [6, 6.07) is 6.25. The minimum Gasteiger partial charge on any atom is -0.411 e. The van der Waals surface area contributed by atoms with E-state index in [0.29, 0.717) is 24.5 Å². The molecule has 160 valence electrons. The number of nitrogens with one attached hydrogen (secondary N) is 1. The summed E-state index contributed by atoms with van der Waals surface area (Å²) in [6.45, 7) is 8.25. The van der Waals surface area contributed by atoms with Crippen LogP contribution in [0, 0.1) is 11.3 Å². The van der Waals surface area contributed by atoms with Gasteiger partial charge in [-0.1, -0.05) is 51.4 Å². The molecule has 1 amide bonds. The standard InChI is InChI=1S/C22H29F3N2O2/c1-13(2)14-6-7-16-15(10-14)17(27-29)11-18-20(3,8-5-9-21(16,18)4)12-26-19(28)22(23,24)25/h6-7,10,13,18,29H,5,8-9,11-12H2,1-4H3,(H,26,28)/b27-17+/t18-,20-,21+/m0/s1. The van der Waals surface area contributed by atoms with Gasteiger partial charge in [-0.25, -0.2) is 0 Å². The van der Waals surface area contributed by atoms with Gasteiger partial charge in [-0.2, -0.15) is 13.2 Å². The third kappa shape index (κ3) is 3.76. The number of carbonyl (C=O) groups excluding carboxylic acids is 1. The third-order valence-electron chi connectivity index (χ3n) is 7.12. The Hall–Kier alpha value is -2.05. The first-order valence-corrected chi connectivity index (χ1v) is 10.1. The molecule has 0 spiro atoms. The van der Waals surface area contributed by atoms with E-state index < -0.39 is 17.5 Å². The van der Waals surface area contributed by atoms with Crippen LogP contribution in [0.5, 0.6) is 0 Å². The Kier molecular flexibility index (Phi) is 5.47. The Bertz CT molecular complexity index is 834. The zero-order chi connectivity index (χ0) is 21.6. The van der Waals surface area contributed by atoms with Crippen molar-refractivity contribution in [2.45, 2.75) is 70.9 Å². The largest absolute Gasteiger partial charge is 0.471 e. The summed E-state index contributed by atoms with van der Waals surface area (Å²) in [4.78, 5) is 11.4. The van der Waals surface area contributed by atoms with Gasteiger partial charge in [0.15, 0.2) is 0 Å². The predicted molar refractivity (Wildman–Crippen MR) is 105 cm³/mol. The highest BCUT2D eigenvalue weighted by molar-refractivity contribution is 6.03. The van der Waals surface area contributed by atoms with Gasteiger partial charge in [0.2, 0.25) is 0 Å². The monoisotopic (exact) mass is 410 g/mol. The Morgan fingerprint density at radius 2 is 2.00 bits per heavy atom. The van der Waals surface area contributed by atoms with Gasteiger partial charge in [0.05, 0.1) is 5.71 Å². The fraction of sp³-hybridized carbons (Fsp3) is 0.636. The minimum atomic E-state index is -4.89. The molecule has 0 radical (unpaired) electrons. The minimum absolute atomic E-state index is 0.0411. The number of rotatable bonds is 3.